The number of sulfonamides is 1. The zero-order chi connectivity index (χ0) is 40.2. The number of alkyl carbamates (subject to hydrolysis) is 1. The molecule has 16 heteroatoms. The molecule has 0 unspecified atom stereocenters. The van der Waals surface area contributed by atoms with Gasteiger partial charge < -0.3 is 34.6 Å². The van der Waals surface area contributed by atoms with E-state index in [0.717, 1.165) is 29.8 Å². The zero-order valence-electron chi connectivity index (χ0n) is 33.0. The first-order valence-corrected chi connectivity index (χ1v) is 21.3. The van der Waals surface area contributed by atoms with Gasteiger partial charge in [-0.15, -0.1) is 0 Å². The molecule has 1 saturated heterocycles. The van der Waals surface area contributed by atoms with Crippen molar-refractivity contribution in [2.45, 2.75) is 114 Å². The third kappa shape index (κ3) is 8.25. The molecule has 2 saturated carbocycles. The average Bonchev–Trinajstić information content (AvgIpc) is 4.05. The van der Waals surface area contributed by atoms with Crippen molar-refractivity contribution < 1.29 is 41.8 Å². The van der Waals surface area contributed by atoms with Crippen LogP contribution in [0.3, 0.4) is 0 Å². The van der Waals surface area contributed by atoms with Crippen LogP contribution in [0, 0.1) is 17.8 Å². The van der Waals surface area contributed by atoms with Gasteiger partial charge in [-0.1, -0.05) is 26.0 Å². The van der Waals surface area contributed by atoms with Crippen molar-refractivity contribution in [2.75, 3.05) is 31.6 Å². The number of likely N-dealkylation sites (N-methyl/N-ethyl adjacent to an activating group) is 1. The number of carbonyl (C=O) groups excluding carboxylic acids is 4. The van der Waals surface area contributed by atoms with Crippen LogP contribution < -0.4 is 29.7 Å². The molecule has 7 atom stereocenters. The summed E-state index contributed by atoms with van der Waals surface area (Å²) in [5.41, 5.74) is -1.39. The summed E-state index contributed by atoms with van der Waals surface area (Å²) >= 11 is 0. The molecule has 0 radical (unpaired) electrons. The van der Waals surface area contributed by atoms with Gasteiger partial charge in [0.05, 0.1) is 24.0 Å². The van der Waals surface area contributed by atoms with E-state index in [2.05, 4.69) is 32.2 Å². The van der Waals surface area contributed by atoms with Gasteiger partial charge in [0.2, 0.25) is 27.7 Å². The molecular formula is C40H54N6O9S. The molecule has 5 aliphatic rings. The van der Waals surface area contributed by atoms with E-state index in [4.69, 9.17) is 14.2 Å². The minimum Gasteiger partial charge on any atom is -0.489 e. The predicted molar refractivity (Wildman–Crippen MR) is 209 cm³/mol. The molecule has 3 N–H and O–H groups in total. The van der Waals surface area contributed by atoms with Crippen molar-refractivity contribution in [2.24, 2.45) is 17.8 Å². The summed E-state index contributed by atoms with van der Waals surface area (Å²) in [5, 5.41) is 6.61. The second-order valence-electron chi connectivity index (χ2n) is 17.3. The van der Waals surface area contributed by atoms with Crippen LogP contribution in [0.2, 0.25) is 0 Å². The predicted octanol–water partition coefficient (Wildman–Crippen LogP) is 3.80. The normalized spacial score (nSPS) is 30.3. The maximum absolute atomic E-state index is 14.8. The first-order chi connectivity index (χ1) is 26.5. The molecule has 1 aromatic carbocycles. The number of ether oxygens (including phenoxy) is 3. The SMILES string of the molecule is C[C@H]1CC/C=C\[C@@H]2C[C@@]2(C(=O)NS(=O)(=O)C2CC2)NC(=O)[C@@H]2C[C@@H](Oc3nccc4c5c(ccc34)N(C)CCO5)CN2C(=O)[C@@H](NC(=O)OC(C)(C)C)[C@H](C)C1. The highest BCUT2D eigenvalue weighted by Gasteiger charge is 2.62. The Kier molecular flexibility index (Phi) is 10.7. The fourth-order valence-corrected chi connectivity index (χ4v) is 9.59. The fourth-order valence-electron chi connectivity index (χ4n) is 8.23. The van der Waals surface area contributed by atoms with Gasteiger partial charge in [0.1, 0.15) is 35.9 Å². The first-order valence-electron chi connectivity index (χ1n) is 19.7. The molecule has 2 aliphatic carbocycles. The minimum atomic E-state index is -3.90. The molecule has 15 nitrogen and oxygen atoms in total. The lowest BCUT2D eigenvalue weighted by atomic mass is 9.88. The largest absolute Gasteiger partial charge is 0.489 e. The summed E-state index contributed by atoms with van der Waals surface area (Å²) in [5.74, 6) is -1.50. The summed E-state index contributed by atoms with van der Waals surface area (Å²) in [6, 6.07) is 3.55. The number of carbonyl (C=O) groups is 4. The smallest absolute Gasteiger partial charge is 0.408 e. The van der Waals surface area contributed by atoms with E-state index < -0.39 is 74.3 Å². The molecule has 3 fully saturated rings. The topological polar surface area (TPSA) is 186 Å². The van der Waals surface area contributed by atoms with E-state index in [1.54, 1.807) is 27.0 Å². The summed E-state index contributed by atoms with van der Waals surface area (Å²) in [6.45, 7) is 10.4. The number of pyridine rings is 1. The number of nitrogens with zero attached hydrogens (tertiary/aromatic N) is 3. The van der Waals surface area contributed by atoms with Crippen molar-refractivity contribution in [3.63, 3.8) is 0 Å². The van der Waals surface area contributed by atoms with Gasteiger partial charge in [-0.2, -0.15) is 0 Å². The van der Waals surface area contributed by atoms with Crippen molar-refractivity contribution in [1.29, 1.82) is 0 Å². The maximum atomic E-state index is 14.8. The van der Waals surface area contributed by atoms with Crippen LogP contribution in [-0.2, 0) is 29.1 Å². The van der Waals surface area contributed by atoms with Gasteiger partial charge in [0.25, 0.3) is 5.91 Å². The van der Waals surface area contributed by atoms with E-state index in [9.17, 15) is 27.6 Å². The molecule has 1 aromatic heterocycles. The Bertz CT molecular complexity index is 2030. The Hall–Kier alpha value is -4.60. The lowest BCUT2D eigenvalue weighted by molar-refractivity contribution is -0.142. The van der Waals surface area contributed by atoms with Crippen LogP contribution in [0.4, 0.5) is 10.5 Å². The van der Waals surface area contributed by atoms with Gasteiger partial charge in [-0.25, -0.2) is 18.2 Å². The Morgan fingerprint density at radius 1 is 1.07 bits per heavy atom. The van der Waals surface area contributed by atoms with Crippen molar-refractivity contribution in [1.82, 2.24) is 25.2 Å². The van der Waals surface area contributed by atoms with E-state index in [1.165, 1.54) is 4.90 Å². The molecular weight excluding hydrogens is 741 g/mol. The molecule has 0 spiro atoms. The van der Waals surface area contributed by atoms with E-state index in [1.807, 2.05) is 44.3 Å². The highest BCUT2D eigenvalue weighted by Crippen LogP contribution is 2.46. The Morgan fingerprint density at radius 3 is 2.57 bits per heavy atom. The van der Waals surface area contributed by atoms with Crippen LogP contribution >= 0.6 is 0 Å². The molecule has 2 aromatic rings. The summed E-state index contributed by atoms with van der Waals surface area (Å²) < 4.78 is 46.2. The Morgan fingerprint density at radius 2 is 1.84 bits per heavy atom. The minimum absolute atomic E-state index is 0.0213. The van der Waals surface area contributed by atoms with E-state index in [-0.39, 0.29) is 31.2 Å². The Balaban J connectivity index is 1.22. The monoisotopic (exact) mass is 794 g/mol. The standard InChI is InChI=1S/C40H54N6O9S/c1-23-9-7-8-10-25-21-40(25,37(49)44-56(51,52)27-11-12-27)43-34(47)31-20-26(22-46(31)36(48)32(24(2)19-23)42-38(50)55-39(3,4)5)54-35-29-13-14-30-33(28(29)15-16-41-35)53-18-17-45(30)6/h8,10,13-16,23-27,31-32H,7,9,11-12,17-22H2,1-6H3,(H,42,50)(H,43,47)(H,44,49)/b10-8-/t23-,24+,25+,26+,31-,32-,40+/m0/s1. The third-order valence-electron chi connectivity index (χ3n) is 11.5. The average molecular weight is 795 g/mol. The second kappa shape index (κ2) is 15.1. The number of hydrogen-bond donors (Lipinski definition) is 3. The summed E-state index contributed by atoms with van der Waals surface area (Å²) in [7, 11) is -1.90. The first kappa shape index (κ1) is 39.6. The lowest BCUT2D eigenvalue weighted by Crippen LogP contribution is -2.59. The number of anilines is 1. The number of rotatable bonds is 6. The molecule has 4 heterocycles. The van der Waals surface area contributed by atoms with Crippen LogP contribution in [0.15, 0.2) is 36.5 Å². The number of aromatic nitrogens is 1. The summed E-state index contributed by atoms with van der Waals surface area (Å²) in [6.07, 6.45) is 7.24. The number of allylic oxidation sites excluding steroid dienone is 1. The van der Waals surface area contributed by atoms with Crippen molar-refractivity contribution >= 4 is 50.3 Å². The van der Waals surface area contributed by atoms with Crippen LogP contribution in [0.1, 0.15) is 79.6 Å². The molecule has 56 heavy (non-hydrogen) atoms. The van der Waals surface area contributed by atoms with Crippen molar-refractivity contribution in [3.8, 4) is 11.6 Å². The van der Waals surface area contributed by atoms with Crippen molar-refractivity contribution in [3.05, 3.63) is 36.5 Å². The highest BCUT2D eigenvalue weighted by atomic mass is 32.2. The number of amides is 4. The van der Waals surface area contributed by atoms with Crippen LogP contribution in [0.25, 0.3) is 10.8 Å². The van der Waals surface area contributed by atoms with Gasteiger partial charge in [-0.3, -0.25) is 19.1 Å². The molecule has 3 aliphatic heterocycles. The quantitative estimate of drug-likeness (QED) is 0.362. The van der Waals surface area contributed by atoms with Crippen LogP contribution in [-0.4, -0.2) is 103 Å². The third-order valence-corrected chi connectivity index (χ3v) is 13.3. The molecule has 7 rings (SSSR count). The van der Waals surface area contributed by atoms with E-state index >= 15 is 0 Å². The number of benzene rings is 1. The zero-order valence-corrected chi connectivity index (χ0v) is 33.8. The van der Waals surface area contributed by atoms with Gasteiger partial charge in [-0.05, 0) is 89.3 Å². The fraction of sp³-hybridized carbons (Fsp3) is 0.625. The molecule has 0 bridgehead atoms. The number of hydrogen-bond acceptors (Lipinski definition) is 11. The van der Waals surface area contributed by atoms with Gasteiger partial charge >= 0.3 is 6.09 Å². The molecule has 304 valence electrons. The van der Waals surface area contributed by atoms with Crippen LogP contribution in [0.5, 0.6) is 11.6 Å². The summed E-state index contributed by atoms with van der Waals surface area (Å²) in [4.78, 5) is 64.5. The second-order valence-corrected chi connectivity index (χ2v) is 19.2. The lowest BCUT2D eigenvalue weighted by Gasteiger charge is -2.33. The van der Waals surface area contributed by atoms with Gasteiger partial charge in [0.15, 0.2) is 5.75 Å². The maximum Gasteiger partial charge on any atom is 0.408 e. The highest BCUT2D eigenvalue weighted by molar-refractivity contribution is 7.91. The molecule has 4 amide bonds. The van der Waals surface area contributed by atoms with E-state index in [0.29, 0.717) is 43.6 Å². The van der Waals surface area contributed by atoms with Gasteiger partial charge in [0, 0.05) is 36.4 Å². The number of fused-ring (bicyclic) bond motifs is 5. The Labute approximate surface area is 328 Å². The number of nitrogens with one attached hydrogen (secondary N) is 3.